The van der Waals surface area contributed by atoms with Gasteiger partial charge in [-0.15, -0.1) is 0 Å². The summed E-state index contributed by atoms with van der Waals surface area (Å²) in [5.74, 6) is 0.554. The van der Waals surface area contributed by atoms with Crippen molar-refractivity contribution < 1.29 is 4.79 Å². The van der Waals surface area contributed by atoms with Crippen molar-refractivity contribution in [3.8, 4) is 0 Å². The Morgan fingerprint density at radius 1 is 1.19 bits per heavy atom. The summed E-state index contributed by atoms with van der Waals surface area (Å²) in [5.41, 5.74) is 3.00. The fraction of sp³-hybridized carbons (Fsp3) is 0.500. The van der Waals surface area contributed by atoms with Crippen LogP contribution in [0.25, 0.3) is 0 Å². The van der Waals surface area contributed by atoms with Crippen LogP contribution in [0.2, 0.25) is 0 Å². The van der Waals surface area contributed by atoms with E-state index >= 15 is 0 Å². The number of hydrogen-bond donors (Lipinski definition) is 1. The molecule has 138 valence electrons. The summed E-state index contributed by atoms with van der Waals surface area (Å²) in [7, 11) is 1.87. The third-order valence-corrected chi connectivity index (χ3v) is 5.55. The lowest BCUT2D eigenvalue weighted by atomic mass is 9.95. The molecule has 0 saturated carbocycles. The number of hydrogen-bond acceptors (Lipinski definition) is 3. The van der Waals surface area contributed by atoms with Crippen LogP contribution < -0.4 is 5.32 Å². The Balaban J connectivity index is 1.44. The lowest BCUT2D eigenvalue weighted by Crippen LogP contribution is -2.49. The minimum atomic E-state index is 0.0114. The van der Waals surface area contributed by atoms with Crippen molar-refractivity contribution in [2.24, 2.45) is 13.0 Å². The van der Waals surface area contributed by atoms with E-state index in [4.69, 9.17) is 0 Å². The molecule has 2 aromatic rings. The Hall–Kier alpha value is -2.34. The Labute approximate surface area is 154 Å². The molecule has 2 atom stereocenters. The molecule has 0 unspecified atom stereocenters. The van der Waals surface area contributed by atoms with Crippen LogP contribution in [0.5, 0.6) is 0 Å². The molecule has 6 heteroatoms. The first kappa shape index (κ1) is 17.1. The lowest BCUT2D eigenvalue weighted by Gasteiger charge is -2.36. The molecule has 26 heavy (non-hydrogen) atoms. The Morgan fingerprint density at radius 3 is 2.73 bits per heavy atom. The molecule has 2 bridgehead atoms. The molecule has 1 aromatic carbocycles. The van der Waals surface area contributed by atoms with Crippen molar-refractivity contribution in [2.45, 2.75) is 32.4 Å². The van der Waals surface area contributed by atoms with Gasteiger partial charge in [-0.05, 0) is 31.2 Å². The number of piperidine rings is 1. The zero-order valence-electron chi connectivity index (χ0n) is 15.6. The number of urea groups is 1. The first-order chi connectivity index (χ1) is 12.6. The molecule has 0 radical (unpaired) electrons. The maximum absolute atomic E-state index is 12.9. The topological polar surface area (TPSA) is 53.4 Å². The van der Waals surface area contributed by atoms with E-state index in [1.807, 2.05) is 25.1 Å². The van der Waals surface area contributed by atoms with E-state index in [0.29, 0.717) is 5.92 Å². The Morgan fingerprint density at radius 2 is 2.00 bits per heavy atom. The van der Waals surface area contributed by atoms with Crippen LogP contribution in [0.3, 0.4) is 0 Å². The normalized spacial score (nSPS) is 23.1. The average Bonchev–Trinajstić information content (AvgIpc) is 2.78. The minimum Gasteiger partial charge on any atom is -0.320 e. The van der Waals surface area contributed by atoms with Gasteiger partial charge in [-0.3, -0.25) is 9.58 Å². The molecule has 1 aromatic heterocycles. The Bertz CT molecular complexity index is 772. The van der Waals surface area contributed by atoms with E-state index in [2.05, 4.69) is 45.6 Å². The smallest absolute Gasteiger partial charge is 0.320 e. The maximum atomic E-state index is 12.9. The van der Waals surface area contributed by atoms with Gasteiger partial charge in [0, 0.05) is 45.5 Å². The molecule has 6 nitrogen and oxygen atoms in total. The standard InChI is InChI=1S/C20H27N5O/c1-15-19(14-23(2)22-15)21-20(26)25-12-17-8-9-18(25)13-24(11-17)10-16-6-4-3-5-7-16/h3-7,14,17-18H,8-13H2,1-2H3,(H,21,26)/t17-,18+/m1/s1. The largest absolute Gasteiger partial charge is 0.322 e. The predicted molar refractivity (Wildman–Crippen MR) is 102 cm³/mol. The van der Waals surface area contributed by atoms with E-state index in [1.54, 1.807) is 4.68 Å². The highest BCUT2D eigenvalue weighted by molar-refractivity contribution is 5.90. The minimum absolute atomic E-state index is 0.0114. The van der Waals surface area contributed by atoms with Crippen molar-refractivity contribution in [1.29, 1.82) is 0 Å². The summed E-state index contributed by atoms with van der Waals surface area (Å²) in [4.78, 5) is 17.5. The number of anilines is 1. The highest BCUT2D eigenvalue weighted by Gasteiger charge is 2.37. The first-order valence-corrected chi connectivity index (χ1v) is 9.42. The lowest BCUT2D eigenvalue weighted by molar-refractivity contribution is 0.151. The summed E-state index contributed by atoms with van der Waals surface area (Å²) in [6.45, 7) is 5.75. The van der Waals surface area contributed by atoms with Gasteiger partial charge in [0.25, 0.3) is 0 Å². The number of fused-ring (bicyclic) bond motifs is 4. The summed E-state index contributed by atoms with van der Waals surface area (Å²) >= 11 is 0. The third-order valence-electron chi connectivity index (χ3n) is 5.55. The third kappa shape index (κ3) is 3.60. The number of aryl methyl sites for hydroxylation is 2. The van der Waals surface area contributed by atoms with Crippen LogP contribution >= 0.6 is 0 Å². The molecule has 4 heterocycles. The molecule has 1 N–H and O–H groups in total. The van der Waals surface area contributed by atoms with Crippen molar-refractivity contribution in [3.63, 3.8) is 0 Å². The van der Waals surface area contributed by atoms with Crippen molar-refractivity contribution in [3.05, 3.63) is 47.8 Å². The second kappa shape index (κ2) is 7.11. The molecule has 5 rings (SSSR count). The summed E-state index contributed by atoms with van der Waals surface area (Å²) in [5, 5.41) is 7.37. The quantitative estimate of drug-likeness (QED) is 0.923. The molecular formula is C20H27N5O. The molecule has 3 aliphatic heterocycles. The molecule has 0 aliphatic carbocycles. The summed E-state index contributed by atoms with van der Waals surface area (Å²) in [6.07, 6.45) is 4.17. The molecule has 3 saturated heterocycles. The molecule has 0 spiro atoms. The number of nitrogens with one attached hydrogen (secondary N) is 1. The Kier molecular flexibility index (Phi) is 4.68. The monoisotopic (exact) mass is 353 g/mol. The molecule has 3 fully saturated rings. The van der Waals surface area contributed by atoms with Gasteiger partial charge >= 0.3 is 6.03 Å². The van der Waals surface area contributed by atoms with Crippen LogP contribution in [-0.2, 0) is 13.6 Å². The molecular weight excluding hydrogens is 326 g/mol. The number of carbonyl (C=O) groups is 1. The van der Waals surface area contributed by atoms with Crippen molar-refractivity contribution in [1.82, 2.24) is 19.6 Å². The number of nitrogens with zero attached hydrogens (tertiary/aromatic N) is 4. The summed E-state index contributed by atoms with van der Waals surface area (Å²) in [6, 6.07) is 10.9. The SMILES string of the molecule is Cc1nn(C)cc1NC(=O)N1C[C@@H]2CC[C@H]1CN(Cc1ccccc1)C2. The van der Waals surface area contributed by atoms with Crippen molar-refractivity contribution >= 4 is 11.7 Å². The van der Waals surface area contributed by atoms with E-state index in [-0.39, 0.29) is 12.1 Å². The number of carbonyl (C=O) groups excluding carboxylic acids is 1. The van der Waals surface area contributed by atoms with Crippen LogP contribution in [0, 0.1) is 12.8 Å². The van der Waals surface area contributed by atoms with Crippen LogP contribution in [-0.4, -0.2) is 51.3 Å². The molecule has 2 amide bonds. The van der Waals surface area contributed by atoms with Crippen molar-refractivity contribution in [2.75, 3.05) is 25.0 Å². The van der Waals surface area contributed by atoms with E-state index < -0.39 is 0 Å². The fourth-order valence-corrected chi connectivity index (χ4v) is 4.31. The van der Waals surface area contributed by atoms with Crippen LogP contribution in [0.1, 0.15) is 24.1 Å². The van der Waals surface area contributed by atoms with Gasteiger partial charge in [-0.1, -0.05) is 30.3 Å². The number of amides is 2. The second-order valence-electron chi connectivity index (χ2n) is 7.66. The van der Waals surface area contributed by atoms with Crippen LogP contribution in [0.15, 0.2) is 36.5 Å². The van der Waals surface area contributed by atoms with Gasteiger partial charge in [0.05, 0.1) is 11.4 Å². The highest BCUT2D eigenvalue weighted by atomic mass is 16.2. The van der Waals surface area contributed by atoms with E-state index in [1.165, 1.54) is 12.0 Å². The maximum Gasteiger partial charge on any atom is 0.322 e. The highest BCUT2D eigenvalue weighted by Crippen LogP contribution is 2.29. The van der Waals surface area contributed by atoms with Gasteiger partial charge in [-0.2, -0.15) is 5.10 Å². The van der Waals surface area contributed by atoms with E-state index in [9.17, 15) is 4.79 Å². The zero-order valence-corrected chi connectivity index (χ0v) is 15.6. The number of aromatic nitrogens is 2. The second-order valence-corrected chi connectivity index (χ2v) is 7.66. The first-order valence-electron chi connectivity index (χ1n) is 9.42. The number of benzene rings is 1. The van der Waals surface area contributed by atoms with Gasteiger partial charge in [-0.25, -0.2) is 4.79 Å². The average molecular weight is 353 g/mol. The zero-order chi connectivity index (χ0) is 18.1. The van der Waals surface area contributed by atoms with Gasteiger partial charge in [0.15, 0.2) is 0 Å². The van der Waals surface area contributed by atoms with Crippen LogP contribution in [0.4, 0.5) is 10.5 Å². The predicted octanol–water partition coefficient (Wildman–Crippen LogP) is 2.86. The van der Waals surface area contributed by atoms with Gasteiger partial charge < -0.3 is 10.2 Å². The molecule has 3 aliphatic rings. The van der Waals surface area contributed by atoms with E-state index in [0.717, 1.165) is 44.0 Å². The fourth-order valence-electron chi connectivity index (χ4n) is 4.31. The van der Waals surface area contributed by atoms with Gasteiger partial charge in [0.2, 0.25) is 0 Å². The summed E-state index contributed by atoms with van der Waals surface area (Å²) < 4.78 is 1.74. The van der Waals surface area contributed by atoms with Gasteiger partial charge in [0.1, 0.15) is 0 Å². The number of rotatable bonds is 3.